The van der Waals surface area contributed by atoms with Gasteiger partial charge in [-0.2, -0.15) is 0 Å². The highest BCUT2D eigenvalue weighted by Crippen LogP contribution is 2.31. The summed E-state index contributed by atoms with van der Waals surface area (Å²) in [6.45, 7) is 4.50. The lowest BCUT2D eigenvalue weighted by Crippen LogP contribution is -2.28. The molecule has 1 saturated carbocycles. The molecule has 0 radical (unpaired) electrons. The van der Waals surface area contributed by atoms with E-state index < -0.39 is 0 Å². The first kappa shape index (κ1) is 14.6. The van der Waals surface area contributed by atoms with Gasteiger partial charge in [-0.3, -0.25) is 0 Å². The Morgan fingerprint density at radius 3 is 2.80 bits per heavy atom. The van der Waals surface area contributed by atoms with Crippen molar-refractivity contribution in [2.45, 2.75) is 39.2 Å². The summed E-state index contributed by atoms with van der Waals surface area (Å²) >= 11 is 0. The largest absolute Gasteiger partial charge is 0.459 e. The number of rotatable bonds is 3. The Morgan fingerprint density at radius 1 is 1.30 bits per heavy atom. The van der Waals surface area contributed by atoms with Gasteiger partial charge in [-0.25, -0.2) is 4.79 Å². The van der Waals surface area contributed by atoms with Crippen molar-refractivity contribution in [1.82, 2.24) is 0 Å². The average molecular weight is 273 g/mol. The summed E-state index contributed by atoms with van der Waals surface area (Å²) in [6, 6.07) is 7.42. The molecule has 20 heavy (non-hydrogen) atoms. The maximum absolute atomic E-state index is 11.8. The predicted molar refractivity (Wildman–Crippen MR) is 81.9 cm³/mol. The zero-order chi connectivity index (χ0) is 14.5. The molecule has 1 aromatic carbocycles. The molecule has 0 saturated heterocycles. The zero-order valence-electron chi connectivity index (χ0n) is 12.2. The van der Waals surface area contributed by atoms with E-state index in [1.165, 1.54) is 6.08 Å². The molecule has 0 bridgehead atoms. The van der Waals surface area contributed by atoms with Crippen LogP contribution in [0, 0.1) is 11.8 Å². The summed E-state index contributed by atoms with van der Waals surface area (Å²) in [4.78, 5) is 11.8. The van der Waals surface area contributed by atoms with E-state index in [1.807, 2.05) is 24.3 Å². The molecular formula is C17H23NO2. The van der Waals surface area contributed by atoms with E-state index in [9.17, 15) is 4.79 Å². The lowest BCUT2D eigenvalue weighted by Gasteiger charge is -2.31. The van der Waals surface area contributed by atoms with E-state index in [-0.39, 0.29) is 12.1 Å². The Balaban J connectivity index is 1.86. The van der Waals surface area contributed by atoms with Crippen molar-refractivity contribution in [2.75, 3.05) is 5.73 Å². The first-order valence-electron chi connectivity index (χ1n) is 7.29. The highest BCUT2D eigenvalue weighted by atomic mass is 16.5. The van der Waals surface area contributed by atoms with E-state index in [4.69, 9.17) is 10.5 Å². The van der Waals surface area contributed by atoms with Crippen LogP contribution in [0.5, 0.6) is 0 Å². The third-order valence-corrected chi connectivity index (χ3v) is 4.16. The van der Waals surface area contributed by atoms with Gasteiger partial charge in [0.25, 0.3) is 0 Å². The number of nitrogens with two attached hydrogens (primary N) is 1. The van der Waals surface area contributed by atoms with Gasteiger partial charge < -0.3 is 10.5 Å². The standard InChI is InChI=1S/C17H23NO2/c1-12-6-8-16(10-13(12)2)20-17(19)9-7-14-4-3-5-15(18)11-14/h3-5,7,9,11-13,16H,6,8,10,18H2,1-2H3/b9-7+. The Bertz CT molecular complexity index is 496. The van der Waals surface area contributed by atoms with Crippen LogP contribution < -0.4 is 5.73 Å². The molecule has 0 aromatic heterocycles. The summed E-state index contributed by atoms with van der Waals surface area (Å²) in [5.41, 5.74) is 7.29. The fourth-order valence-corrected chi connectivity index (χ4v) is 2.64. The number of nitrogen functional groups attached to an aromatic ring is 1. The molecule has 3 nitrogen and oxygen atoms in total. The van der Waals surface area contributed by atoms with Crippen molar-refractivity contribution >= 4 is 17.7 Å². The first-order valence-corrected chi connectivity index (χ1v) is 7.29. The van der Waals surface area contributed by atoms with Crippen LogP contribution in [0.25, 0.3) is 6.08 Å². The molecule has 3 atom stereocenters. The van der Waals surface area contributed by atoms with Crippen LogP contribution in [0.4, 0.5) is 5.69 Å². The zero-order valence-corrected chi connectivity index (χ0v) is 12.2. The minimum Gasteiger partial charge on any atom is -0.459 e. The number of esters is 1. The second-order valence-corrected chi connectivity index (χ2v) is 5.83. The van der Waals surface area contributed by atoms with Gasteiger partial charge in [0.1, 0.15) is 6.10 Å². The lowest BCUT2D eigenvalue weighted by atomic mass is 9.80. The smallest absolute Gasteiger partial charge is 0.331 e. The van der Waals surface area contributed by atoms with Gasteiger partial charge >= 0.3 is 5.97 Å². The number of hydrogen-bond acceptors (Lipinski definition) is 3. The van der Waals surface area contributed by atoms with Crippen molar-refractivity contribution in [3.63, 3.8) is 0 Å². The van der Waals surface area contributed by atoms with E-state index in [0.29, 0.717) is 11.6 Å². The summed E-state index contributed by atoms with van der Waals surface area (Å²) in [6.07, 6.45) is 6.38. The minimum atomic E-state index is -0.265. The molecule has 0 amide bonds. The predicted octanol–water partition coefficient (Wildman–Crippen LogP) is 3.65. The second kappa shape index (κ2) is 6.60. The van der Waals surface area contributed by atoms with Crippen LogP contribution in [0.15, 0.2) is 30.3 Å². The number of anilines is 1. The molecule has 1 aliphatic rings. The topological polar surface area (TPSA) is 52.3 Å². The van der Waals surface area contributed by atoms with Gasteiger partial charge in [0, 0.05) is 11.8 Å². The van der Waals surface area contributed by atoms with Gasteiger partial charge in [0.05, 0.1) is 0 Å². The monoisotopic (exact) mass is 273 g/mol. The fraction of sp³-hybridized carbons (Fsp3) is 0.471. The molecule has 1 aromatic rings. The Kier molecular flexibility index (Phi) is 4.83. The van der Waals surface area contributed by atoms with Crippen LogP contribution in [0.1, 0.15) is 38.7 Å². The van der Waals surface area contributed by atoms with Crippen LogP contribution in [-0.4, -0.2) is 12.1 Å². The Morgan fingerprint density at radius 2 is 2.10 bits per heavy atom. The summed E-state index contributed by atoms with van der Waals surface area (Å²) in [5.74, 6) is 1.09. The number of carbonyl (C=O) groups excluding carboxylic acids is 1. The van der Waals surface area contributed by atoms with Crippen molar-refractivity contribution < 1.29 is 9.53 Å². The molecule has 0 spiro atoms. The van der Waals surface area contributed by atoms with Gasteiger partial charge in [-0.1, -0.05) is 26.0 Å². The van der Waals surface area contributed by atoms with Gasteiger partial charge in [-0.15, -0.1) is 0 Å². The first-order chi connectivity index (χ1) is 9.54. The maximum atomic E-state index is 11.8. The third kappa shape index (κ3) is 4.12. The maximum Gasteiger partial charge on any atom is 0.331 e. The molecule has 108 valence electrons. The Labute approximate surface area is 120 Å². The molecule has 2 N–H and O–H groups in total. The van der Waals surface area contributed by atoms with Crippen molar-refractivity contribution in [3.05, 3.63) is 35.9 Å². The molecule has 1 aliphatic carbocycles. The normalized spacial score (nSPS) is 26.6. The number of carbonyl (C=O) groups is 1. The SMILES string of the molecule is CC1CCC(OC(=O)/C=C/c2cccc(N)c2)CC1C. The van der Waals surface area contributed by atoms with Crippen molar-refractivity contribution in [3.8, 4) is 0 Å². The molecule has 0 heterocycles. The average Bonchev–Trinajstić information content (AvgIpc) is 2.41. The molecule has 0 aliphatic heterocycles. The highest BCUT2D eigenvalue weighted by Gasteiger charge is 2.26. The summed E-state index contributed by atoms with van der Waals surface area (Å²) in [7, 11) is 0. The highest BCUT2D eigenvalue weighted by molar-refractivity contribution is 5.87. The van der Waals surface area contributed by atoms with Crippen LogP contribution in [0.2, 0.25) is 0 Å². The quantitative estimate of drug-likeness (QED) is 0.519. The summed E-state index contributed by atoms with van der Waals surface area (Å²) in [5, 5.41) is 0. The lowest BCUT2D eigenvalue weighted by molar-refractivity contribution is -0.145. The van der Waals surface area contributed by atoms with Crippen molar-refractivity contribution in [1.29, 1.82) is 0 Å². The second-order valence-electron chi connectivity index (χ2n) is 5.83. The minimum absolute atomic E-state index is 0.0687. The van der Waals surface area contributed by atoms with Crippen LogP contribution >= 0.6 is 0 Å². The van der Waals surface area contributed by atoms with E-state index in [2.05, 4.69) is 13.8 Å². The summed E-state index contributed by atoms with van der Waals surface area (Å²) < 4.78 is 5.51. The Hall–Kier alpha value is -1.77. The van der Waals surface area contributed by atoms with Gasteiger partial charge in [0.15, 0.2) is 0 Å². The van der Waals surface area contributed by atoms with E-state index >= 15 is 0 Å². The molecule has 3 heteroatoms. The molecular weight excluding hydrogens is 250 g/mol. The van der Waals surface area contributed by atoms with Crippen LogP contribution in [0.3, 0.4) is 0 Å². The van der Waals surface area contributed by atoms with Gasteiger partial charge in [-0.05, 0) is 54.9 Å². The molecule has 1 fully saturated rings. The number of hydrogen-bond donors (Lipinski definition) is 1. The van der Waals surface area contributed by atoms with Crippen molar-refractivity contribution in [2.24, 2.45) is 11.8 Å². The van der Waals surface area contributed by atoms with Gasteiger partial charge in [0.2, 0.25) is 0 Å². The van der Waals surface area contributed by atoms with Crippen LogP contribution in [-0.2, 0) is 9.53 Å². The van der Waals surface area contributed by atoms with E-state index in [1.54, 1.807) is 6.08 Å². The number of ether oxygens (including phenoxy) is 1. The fourth-order valence-electron chi connectivity index (χ4n) is 2.64. The number of benzene rings is 1. The third-order valence-electron chi connectivity index (χ3n) is 4.16. The molecule has 2 rings (SSSR count). The molecule has 3 unspecified atom stereocenters. The van der Waals surface area contributed by atoms with E-state index in [0.717, 1.165) is 30.7 Å².